The molecule has 0 atom stereocenters. The van der Waals surface area contributed by atoms with Crippen molar-refractivity contribution < 1.29 is 13.2 Å². The van der Waals surface area contributed by atoms with Gasteiger partial charge in [-0.3, -0.25) is 0 Å². The van der Waals surface area contributed by atoms with Gasteiger partial charge >= 0.3 is 6.18 Å². The zero-order chi connectivity index (χ0) is 10.9. The number of hydrogen-bond acceptors (Lipinski definition) is 2. The summed E-state index contributed by atoms with van der Waals surface area (Å²) in [4.78, 5) is 0.00775. The summed E-state index contributed by atoms with van der Waals surface area (Å²) in [5.41, 5.74) is 4.52. The lowest BCUT2D eigenvalue weighted by Gasteiger charge is -2.13. The number of halogens is 4. The number of anilines is 1. The number of alkyl halides is 3. The molecule has 0 aliphatic carbocycles. The third-order valence-corrected chi connectivity index (χ3v) is 2.83. The summed E-state index contributed by atoms with van der Waals surface area (Å²) in [7, 11) is 0. The summed E-state index contributed by atoms with van der Waals surface area (Å²) in [5, 5.41) is 0.0322. The van der Waals surface area contributed by atoms with Gasteiger partial charge in [-0.05, 0) is 18.4 Å². The van der Waals surface area contributed by atoms with Crippen LogP contribution in [-0.2, 0) is 6.18 Å². The highest BCUT2D eigenvalue weighted by molar-refractivity contribution is 7.98. The van der Waals surface area contributed by atoms with Crippen LogP contribution in [0.1, 0.15) is 5.56 Å². The fourth-order valence-corrected chi connectivity index (χ4v) is 2.14. The molecule has 1 nitrogen and oxygen atoms in total. The lowest BCUT2D eigenvalue weighted by atomic mass is 10.2. The summed E-state index contributed by atoms with van der Waals surface area (Å²) in [6, 6.07) is 2.19. The van der Waals surface area contributed by atoms with Gasteiger partial charge in [-0.2, -0.15) is 13.2 Å². The Morgan fingerprint density at radius 3 is 2.36 bits per heavy atom. The summed E-state index contributed by atoms with van der Waals surface area (Å²) in [6.45, 7) is 0. The lowest BCUT2D eigenvalue weighted by Crippen LogP contribution is -2.08. The van der Waals surface area contributed by atoms with E-state index in [1.165, 1.54) is 12.3 Å². The highest BCUT2D eigenvalue weighted by Crippen LogP contribution is 2.40. The van der Waals surface area contributed by atoms with Gasteiger partial charge in [0.05, 0.1) is 10.6 Å². The van der Waals surface area contributed by atoms with Crippen molar-refractivity contribution in [2.24, 2.45) is 0 Å². The Kier molecular flexibility index (Phi) is 3.21. The predicted molar refractivity (Wildman–Crippen MR) is 52.6 cm³/mol. The average Bonchev–Trinajstić information content (AvgIpc) is 2.01. The van der Waals surface area contributed by atoms with Crippen LogP contribution >= 0.6 is 23.4 Å². The van der Waals surface area contributed by atoms with E-state index in [9.17, 15) is 13.2 Å². The number of rotatable bonds is 1. The standard InChI is InChI=1S/C8H7ClF3NS/c1-14-7-5(8(10,11)12)2-4(13)3-6(7)9/h2-3H,13H2,1H3. The second kappa shape index (κ2) is 3.90. The molecule has 14 heavy (non-hydrogen) atoms. The minimum atomic E-state index is -4.42. The van der Waals surface area contributed by atoms with E-state index in [0.29, 0.717) is 0 Å². The highest BCUT2D eigenvalue weighted by atomic mass is 35.5. The molecule has 0 saturated heterocycles. The first-order valence-electron chi connectivity index (χ1n) is 3.56. The molecule has 2 N–H and O–H groups in total. The molecule has 78 valence electrons. The van der Waals surface area contributed by atoms with Crippen LogP contribution in [0.2, 0.25) is 5.02 Å². The summed E-state index contributed by atoms with van der Waals surface area (Å²) < 4.78 is 37.4. The van der Waals surface area contributed by atoms with Crippen LogP contribution in [0, 0.1) is 0 Å². The van der Waals surface area contributed by atoms with Crippen molar-refractivity contribution in [2.45, 2.75) is 11.1 Å². The van der Waals surface area contributed by atoms with Crippen LogP contribution in [0.25, 0.3) is 0 Å². The van der Waals surface area contributed by atoms with E-state index in [1.54, 1.807) is 0 Å². The smallest absolute Gasteiger partial charge is 0.399 e. The molecule has 0 heterocycles. The van der Waals surface area contributed by atoms with Crippen LogP contribution in [0.5, 0.6) is 0 Å². The number of hydrogen-bond donors (Lipinski definition) is 1. The SMILES string of the molecule is CSc1c(Cl)cc(N)cc1C(F)(F)F. The molecule has 1 rings (SSSR count). The van der Waals surface area contributed by atoms with Crippen LogP contribution in [0.15, 0.2) is 17.0 Å². The monoisotopic (exact) mass is 241 g/mol. The van der Waals surface area contributed by atoms with Gasteiger partial charge in [0, 0.05) is 10.6 Å². The van der Waals surface area contributed by atoms with Gasteiger partial charge in [-0.15, -0.1) is 11.8 Å². The first-order valence-corrected chi connectivity index (χ1v) is 5.16. The van der Waals surface area contributed by atoms with Crippen molar-refractivity contribution in [3.8, 4) is 0 Å². The van der Waals surface area contributed by atoms with Crippen molar-refractivity contribution in [1.29, 1.82) is 0 Å². The minimum Gasteiger partial charge on any atom is -0.399 e. The first kappa shape index (κ1) is 11.5. The molecule has 0 aliphatic heterocycles. The molecule has 0 fully saturated rings. The van der Waals surface area contributed by atoms with Crippen LogP contribution in [-0.4, -0.2) is 6.26 Å². The third-order valence-electron chi connectivity index (χ3n) is 1.58. The zero-order valence-electron chi connectivity index (χ0n) is 7.15. The average molecular weight is 242 g/mol. The molecule has 0 aromatic heterocycles. The molecule has 0 amide bonds. The van der Waals surface area contributed by atoms with Crippen LogP contribution in [0.3, 0.4) is 0 Å². The fourth-order valence-electron chi connectivity index (χ4n) is 1.03. The van der Waals surface area contributed by atoms with E-state index < -0.39 is 11.7 Å². The van der Waals surface area contributed by atoms with Gasteiger partial charge in [0.15, 0.2) is 0 Å². The second-order valence-corrected chi connectivity index (χ2v) is 3.80. The molecular weight excluding hydrogens is 235 g/mol. The molecule has 6 heteroatoms. The van der Waals surface area contributed by atoms with Gasteiger partial charge < -0.3 is 5.73 Å². The second-order valence-electron chi connectivity index (χ2n) is 2.58. The Morgan fingerprint density at radius 2 is 1.93 bits per heavy atom. The van der Waals surface area contributed by atoms with Crippen molar-refractivity contribution in [1.82, 2.24) is 0 Å². The summed E-state index contributed by atoms with van der Waals surface area (Å²) in [6.07, 6.45) is -2.88. The van der Waals surface area contributed by atoms with E-state index in [0.717, 1.165) is 17.8 Å². The quantitative estimate of drug-likeness (QED) is 0.600. The van der Waals surface area contributed by atoms with Crippen molar-refractivity contribution >= 4 is 29.1 Å². The number of nitrogens with two attached hydrogens (primary N) is 1. The zero-order valence-corrected chi connectivity index (χ0v) is 8.72. The Labute approximate surface area is 88.4 Å². The molecule has 0 saturated carbocycles. The number of nitrogen functional groups attached to an aromatic ring is 1. The normalized spacial score (nSPS) is 11.8. The Bertz CT molecular complexity index is 351. The van der Waals surface area contributed by atoms with E-state index in [1.807, 2.05) is 0 Å². The van der Waals surface area contributed by atoms with Crippen LogP contribution < -0.4 is 5.73 Å². The van der Waals surface area contributed by atoms with E-state index in [4.69, 9.17) is 17.3 Å². The van der Waals surface area contributed by atoms with Crippen LogP contribution in [0.4, 0.5) is 18.9 Å². The summed E-state index contributed by atoms with van der Waals surface area (Å²) >= 11 is 6.59. The molecule has 0 unspecified atom stereocenters. The maximum absolute atomic E-state index is 12.5. The van der Waals surface area contributed by atoms with E-state index >= 15 is 0 Å². The molecule has 0 bridgehead atoms. The highest BCUT2D eigenvalue weighted by Gasteiger charge is 2.34. The number of benzene rings is 1. The summed E-state index contributed by atoms with van der Waals surface area (Å²) in [5.74, 6) is 0. The van der Waals surface area contributed by atoms with Crippen molar-refractivity contribution in [2.75, 3.05) is 12.0 Å². The Hall–Kier alpha value is -0.550. The minimum absolute atomic E-state index is 0.00775. The van der Waals surface area contributed by atoms with Crippen molar-refractivity contribution in [3.63, 3.8) is 0 Å². The topological polar surface area (TPSA) is 26.0 Å². The van der Waals surface area contributed by atoms with E-state index in [2.05, 4.69) is 0 Å². The molecule has 1 aromatic rings. The molecule has 0 spiro atoms. The molecule has 0 aliphatic rings. The van der Waals surface area contributed by atoms with Gasteiger partial charge in [-0.1, -0.05) is 11.6 Å². The largest absolute Gasteiger partial charge is 0.417 e. The molecule has 0 radical (unpaired) electrons. The van der Waals surface area contributed by atoms with E-state index in [-0.39, 0.29) is 15.6 Å². The molecular formula is C8H7ClF3NS. The van der Waals surface area contributed by atoms with Gasteiger partial charge in [0.25, 0.3) is 0 Å². The van der Waals surface area contributed by atoms with Gasteiger partial charge in [0.2, 0.25) is 0 Å². The Balaban J connectivity index is 3.40. The maximum atomic E-state index is 12.5. The fraction of sp³-hybridized carbons (Fsp3) is 0.250. The Morgan fingerprint density at radius 1 is 1.36 bits per heavy atom. The first-order chi connectivity index (χ1) is 6.36. The lowest BCUT2D eigenvalue weighted by molar-refractivity contribution is -0.139. The number of thioether (sulfide) groups is 1. The van der Waals surface area contributed by atoms with Gasteiger partial charge in [-0.25, -0.2) is 0 Å². The predicted octanol–water partition coefficient (Wildman–Crippen LogP) is 3.66. The van der Waals surface area contributed by atoms with Gasteiger partial charge in [0.1, 0.15) is 0 Å². The maximum Gasteiger partial charge on any atom is 0.417 e. The molecule has 1 aromatic carbocycles. The van der Waals surface area contributed by atoms with Crippen molar-refractivity contribution in [3.05, 3.63) is 22.7 Å². The third kappa shape index (κ3) is 2.27.